The van der Waals surface area contributed by atoms with E-state index in [0.717, 1.165) is 16.8 Å². The molecule has 3 nitrogen and oxygen atoms in total. The molecule has 0 atom stereocenters. The molecule has 2 heterocycles. The first-order chi connectivity index (χ1) is 6.88. The van der Waals surface area contributed by atoms with Crippen LogP contribution in [0.1, 0.15) is 33.4 Å². The summed E-state index contributed by atoms with van der Waals surface area (Å²) in [4.78, 5) is 8.02. The summed E-state index contributed by atoms with van der Waals surface area (Å²) in [5, 5.41) is 0. The van der Waals surface area contributed by atoms with Crippen LogP contribution < -0.4 is 0 Å². The lowest BCUT2D eigenvalue weighted by molar-refractivity contribution is 0.598. The van der Waals surface area contributed by atoms with Gasteiger partial charge in [0.1, 0.15) is 5.52 Å². The van der Waals surface area contributed by atoms with Gasteiger partial charge in [-0.25, -0.2) is 4.98 Å². The molecule has 0 saturated heterocycles. The normalized spacial score (nSPS) is 8.36. The van der Waals surface area contributed by atoms with Gasteiger partial charge in [0.25, 0.3) is 0 Å². The molecule has 78 valence electrons. The van der Waals surface area contributed by atoms with Crippen LogP contribution >= 0.6 is 0 Å². The van der Waals surface area contributed by atoms with E-state index in [4.69, 9.17) is 4.42 Å². The Balaban J connectivity index is 0.000000379. The second kappa shape index (κ2) is 7.06. The molecule has 0 amide bonds. The van der Waals surface area contributed by atoms with Crippen LogP contribution in [-0.2, 0) is 0 Å². The highest BCUT2D eigenvalue weighted by Gasteiger charge is 1.99. The van der Waals surface area contributed by atoms with E-state index in [0.29, 0.717) is 0 Å². The van der Waals surface area contributed by atoms with Crippen LogP contribution in [0.3, 0.4) is 0 Å². The van der Waals surface area contributed by atoms with Crippen LogP contribution in [0.4, 0.5) is 0 Å². The van der Waals surface area contributed by atoms with Crippen LogP contribution in [-0.4, -0.2) is 9.97 Å². The maximum Gasteiger partial charge on any atom is 0.182 e. The first kappa shape index (κ1) is 12.6. The second-order valence-electron chi connectivity index (χ2n) is 2.10. The van der Waals surface area contributed by atoms with Gasteiger partial charge < -0.3 is 4.42 Å². The zero-order valence-electron chi connectivity index (χ0n) is 9.53. The van der Waals surface area contributed by atoms with E-state index in [2.05, 4.69) is 9.97 Å². The van der Waals surface area contributed by atoms with Gasteiger partial charge in [-0.15, -0.1) is 0 Å². The molecular weight excluding hydrogens is 176 g/mol. The number of fused-ring (bicyclic) bond motifs is 1. The van der Waals surface area contributed by atoms with Crippen molar-refractivity contribution in [3.63, 3.8) is 0 Å². The van der Waals surface area contributed by atoms with Crippen LogP contribution in [0.25, 0.3) is 11.1 Å². The first-order valence-electron chi connectivity index (χ1n) is 5.03. The van der Waals surface area contributed by atoms with Gasteiger partial charge in [-0.05, 0) is 13.0 Å². The maximum atomic E-state index is 5.08. The van der Waals surface area contributed by atoms with Crippen molar-refractivity contribution in [1.29, 1.82) is 0 Å². The minimum Gasteiger partial charge on any atom is -0.442 e. The molecule has 2 rings (SSSR count). The second-order valence-corrected chi connectivity index (χ2v) is 2.10. The molecule has 0 fully saturated rings. The molecule has 0 saturated carbocycles. The zero-order valence-corrected chi connectivity index (χ0v) is 9.53. The topological polar surface area (TPSA) is 38.9 Å². The molecule has 0 aromatic carbocycles. The van der Waals surface area contributed by atoms with Crippen LogP contribution in [0.5, 0.6) is 0 Å². The van der Waals surface area contributed by atoms with Gasteiger partial charge in [-0.3, -0.25) is 4.98 Å². The summed E-state index contributed by atoms with van der Waals surface area (Å²) in [6.45, 7) is 9.90. The van der Waals surface area contributed by atoms with Crippen molar-refractivity contribution in [1.82, 2.24) is 9.97 Å². The van der Waals surface area contributed by atoms with Crippen molar-refractivity contribution in [2.45, 2.75) is 34.6 Å². The summed E-state index contributed by atoms with van der Waals surface area (Å²) in [6.07, 6.45) is 3.15. The number of pyridine rings is 1. The number of rotatable bonds is 0. The molecule has 0 unspecified atom stereocenters. The van der Waals surface area contributed by atoms with Crippen molar-refractivity contribution < 1.29 is 4.42 Å². The van der Waals surface area contributed by atoms with E-state index >= 15 is 0 Å². The Morgan fingerprint density at radius 2 is 1.71 bits per heavy atom. The lowest BCUT2D eigenvalue weighted by atomic mass is 10.3. The largest absolute Gasteiger partial charge is 0.442 e. The molecule has 3 heteroatoms. The minimum absolute atomic E-state index is 0.780. The fraction of sp³-hybridized carbons (Fsp3) is 0.455. The first-order valence-corrected chi connectivity index (χ1v) is 5.03. The number of aromatic nitrogens is 2. The summed E-state index contributed by atoms with van der Waals surface area (Å²) in [5.41, 5.74) is 2.53. The highest BCUT2D eigenvalue weighted by atomic mass is 16.3. The van der Waals surface area contributed by atoms with Gasteiger partial charge in [0.05, 0.1) is 5.69 Å². The standard InChI is InChI=1S/C7H6N2O.2C2H6/c1-5-7-6(2-3-8-5)9-4-10-7;2*1-2/h2-4H,1H3;2*1-2H3. The lowest BCUT2D eigenvalue weighted by Gasteiger charge is -1.88. The summed E-state index contributed by atoms with van der Waals surface area (Å²) in [5.74, 6) is 0. The third-order valence-electron chi connectivity index (χ3n) is 1.42. The van der Waals surface area contributed by atoms with E-state index in [1.165, 1.54) is 6.39 Å². The molecular formula is C11H18N2O. The highest BCUT2D eigenvalue weighted by Crippen LogP contribution is 2.12. The molecule has 0 aliphatic carbocycles. The van der Waals surface area contributed by atoms with Crippen molar-refractivity contribution in [2.75, 3.05) is 0 Å². The van der Waals surface area contributed by atoms with E-state index < -0.39 is 0 Å². The minimum atomic E-state index is 0.780. The number of hydrogen-bond donors (Lipinski definition) is 0. The molecule has 0 radical (unpaired) electrons. The monoisotopic (exact) mass is 194 g/mol. The Kier molecular flexibility index (Phi) is 6.37. The van der Waals surface area contributed by atoms with E-state index in [1.807, 2.05) is 40.7 Å². The van der Waals surface area contributed by atoms with Crippen LogP contribution in [0.15, 0.2) is 23.1 Å². The Hall–Kier alpha value is -1.38. The Bertz CT molecular complexity index is 355. The highest BCUT2D eigenvalue weighted by molar-refractivity contribution is 5.73. The van der Waals surface area contributed by atoms with Crippen LogP contribution in [0.2, 0.25) is 0 Å². The average Bonchev–Trinajstić information content (AvgIpc) is 2.73. The van der Waals surface area contributed by atoms with Gasteiger partial charge in [-0.1, -0.05) is 27.7 Å². The summed E-state index contributed by atoms with van der Waals surface area (Å²) in [7, 11) is 0. The molecule has 2 aromatic heterocycles. The molecule has 0 aliphatic heterocycles. The van der Waals surface area contributed by atoms with E-state index in [-0.39, 0.29) is 0 Å². The smallest absolute Gasteiger partial charge is 0.182 e. The van der Waals surface area contributed by atoms with Gasteiger partial charge in [0.2, 0.25) is 0 Å². The van der Waals surface area contributed by atoms with Gasteiger partial charge in [0.15, 0.2) is 12.0 Å². The third-order valence-corrected chi connectivity index (χ3v) is 1.42. The molecule has 0 aliphatic rings. The Morgan fingerprint density at radius 3 is 2.29 bits per heavy atom. The number of oxazole rings is 1. The van der Waals surface area contributed by atoms with Crippen molar-refractivity contribution in [3.8, 4) is 0 Å². The van der Waals surface area contributed by atoms with Crippen LogP contribution in [0, 0.1) is 6.92 Å². The van der Waals surface area contributed by atoms with E-state index in [1.54, 1.807) is 6.20 Å². The van der Waals surface area contributed by atoms with Crippen molar-refractivity contribution in [3.05, 3.63) is 24.4 Å². The number of hydrogen-bond acceptors (Lipinski definition) is 3. The van der Waals surface area contributed by atoms with E-state index in [9.17, 15) is 0 Å². The number of nitrogens with zero attached hydrogens (tertiary/aromatic N) is 2. The van der Waals surface area contributed by atoms with Gasteiger partial charge in [-0.2, -0.15) is 0 Å². The quantitative estimate of drug-likeness (QED) is 0.643. The predicted octanol–water partition coefficient (Wildman–Crippen LogP) is 3.58. The summed E-state index contributed by atoms with van der Waals surface area (Å²) >= 11 is 0. The van der Waals surface area contributed by atoms with Crippen molar-refractivity contribution in [2.24, 2.45) is 0 Å². The summed E-state index contributed by atoms with van der Waals surface area (Å²) in [6, 6.07) is 1.83. The molecule has 14 heavy (non-hydrogen) atoms. The predicted molar refractivity (Wildman–Crippen MR) is 59.2 cm³/mol. The molecule has 0 bridgehead atoms. The SMILES string of the molecule is CC.CC.Cc1nccc2ncoc12. The van der Waals surface area contributed by atoms with Crippen molar-refractivity contribution >= 4 is 11.1 Å². The fourth-order valence-corrected chi connectivity index (χ4v) is 0.922. The Labute approximate surface area is 85.2 Å². The maximum absolute atomic E-state index is 5.08. The molecule has 0 spiro atoms. The number of aryl methyl sites for hydroxylation is 1. The van der Waals surface area contributed by atoms with Gasteiger partial charge >= 0.3 is 0 Å². The summed E-state index contributed by atoms with van der Waals surface area (Å²) < 4.78 is 5.08. The fourth-order valence-electron chi connectivity index (χ4n) is 0.922. The Morgan fingerprint density at radius 1 is 1.07 bits per heavy atom. The molecule has 0 N–H and O–H groups in total. The van der Waals surface area contributed by atoms with Gasteiger partial charge in [0, 0.05) is 6.20 Å². The molecule has 2 aromatic rings. The third kappa shape index (κ3) is 2.83. The zero-order chi connectivity index (χ0) is 11.0. The lowest BCUT2D eigenvalue weighted by Crippen LogP contribution is -1.78. The average molecular weight is 194 g/mol.